The van der Waals surface area contributed by atoms with Crippen molar-refractivity contribution in [3.8, 4) is 0 Å². The standard InChI is InChI=1S/C51H100NO8P/c1-3-5-7-9-11-13-15-17-19-21-23-24-26-27-29-31-33-35-37-39-41-43-50(53)57-47-49(48-59-61(55,56)58-46-45-52)60-51(54)44-42-40-38-36-34-32-30-28-25-22-20-18-16-14-12-10-8-6-4-2/h17,19,49H,3-16,18,20-48,52H2,1-2H3,(H,55,56). The van der Waals surface area contributed by atoms with E-state index in [9.17, 15) is 19.0 Å². The summed E-state index contributed by atoms with van der Waals surface area (Å²) in [5, 5.41) is 0. The van der Waals surface area contributed by atoms with Crippen LogP contribution in [0.5, 0.6) is 0 Å². The number of unbranched alkanes of at least 4 members (excludes halogenated alkanes) is 35. The molecule has 0 saturated heterocycles. The maximum Gasteiger partial charge on any atom is 0.472 e. The van der Waals surface area contributed by atoms with Crippen LogP contribution in [0.4, 0.5) is 0 Å². The van der Waals surface area contributed by atoms with Gasteiger partial charge in [-0.2, -0.15) is 0 Å². The number of esters is 2. The Morgan fingerprint density at radius 1 is 0.475 bits per heavy atom. The molecule has 0 heterocycles. The first-order valence-electron chi connectivity index (χ1n) is 26.2. The van der Waals surface area contributed by atoms with Crippen molar-refractivity contribution in [1.82, 2.24) is 0 Å². The predicted molar refractivity (Wildman–Crippen MR) is 257 cm³/mol. The van der Waals surface area contributed by atoms with Gasteiger partial charge in [-0.15, -0.1) is 0 Å². The van der Waals surface area contributed by atoms with Crippen LogP contribution in [0.3, 0.4) is 0 Å². The first kappa shape index (κ1) is 59.8. The lowest BCUT2D eigenvalue weighted by atomic mass is 10.0. The topological polar surface area (TPSA) is 134 Å². The molecule has 10 heteroatoms. The molecular formula is C51H100NO8P. The molecule has 0 spiro atoms. The monoisotopic (exact) mass is 886 g/mol. The molecule has 0 aliphatic carbocycles. The minimum Gasteiger partial charge on any atom is -0.462 e. The van der Waals surface area contributed by atoms with Crippen LogP contribution < -0.4 is 5.73 Å². The molecule has 0 aliphatic rings. The van der Waals surface area contributed by atoms with Gasteiger partial charge >= 0.3 is 19.8 Å². The number of carbonyl (C=O) groups excluding carboxylic acids is 2. The van der Waals surface area contributed by atoms with E-state index >= 15 is 0 Å². The van der Waals surface area contributed by atoms with Crippen molar-refractivity contribution >= 4 is 19.8 Å². The van der Waals surface area contributed by atoms with Crippen LogP contribution in [-0.2, 0) is 32.7 Å². The summed E-state index contributed by atoms with van der Waals surface area (Å²) in [6.45, 7) is 3.79. The van der Waals surface area contributed by atoms with Crippen LogP contribution in [0.15, 0.2) is 12.2 Å². The van der Waals surface area contributed by atoms with Crippen LogP contribution in [0.1, 0.15) is 271 Å². The third kappa shape index (κ3) is 48.1. The van der Waals surface area contributed by atoms with Crippen molar-refractivity contribution in [1.29, 1.82) is 0 Å². The minimum atomic E-state index is -4.38. The number of hydrogen-bond donors (Lipinski definition) is 2. The number of hydrogen-bond acceptors (Lipinski definition) is 8. The Labute approximate surface area is 377 Å². The molecule has 0 aromatic rings. The minimum absolute atomic E-state index is 0.0568. The summed E-state index contributed by atoms with van der Waals surface area (Å²) in [6.07, 6.45) is 52.5. The molecule has 2 unspecified atom stereocenters. The number of ether oxygens (including phenoxy) is 2. The number of phosphoric ester groups is 1. The Morgan fingerprint density at radius 3 is 1.16 bits per heavy atom. The zero-order valence-corrected chi connectivity index (χ0v) is 41.1. The summed E-state index contributed by atoms with van der Waals surface area (Å²) < 4.78 is 33.0. The number of allylic oxidation sites excluding steroid dienone is 2. The summed E-state index contributed by atoms with van der Waals surface area (Å²) in [6, 6.07) is 0. The van der Waals surface area contributed by atoms with Crippen LogP contribution in [-0.4, -0.2) is 49.3 Å². The highest BCUT2D eigenvalue weighted by molar-refractivity contribution is 7.47. The zero-order chi connectivity index (χ0) is 44.6. The van der Waals surface area contributed by atoms with E-state index in [0.717, 1.165) is 32.1 Å². The van der Waals surface area contributed by atoms with E-state index in [1.165, 1.54) is 205 Å². The largest absolute Gasteiger partial charge is 0.472 e. The highest BCUT2D eigenvalue weighted by atomic mass is 31.2. The normalized spacial score (nSPS) is 13.2. The number of carbonyl (C=O) groups is 2. The van der Waals surface area contributed by atoms with Crippen LogP contribution >= 0.6 is 7.82 Å². The fourth-order valence-corrected chi connectivity index (χ4v) is 8.52. The molecule has 0 aromatic carbocycles. The summed E-state index contributed by atoms with van der Waals surface area (Å²) in [5.74, 6) is -0.811. The van der Waals surface area contributed by atoms with Crippen molar-refractivity contribution in [3.63, 3.8) is 0 Å². The molecule has 0 fully saturated rings. The van der Waals surface area contributed by atoms with Gasteiger partial charge in [0.2, 0.25) is 0 Å². The SMILES string of the molecule is CCCCCCCCC=CCCCCCCCCCCCCCC(=O)OCC(COP(=O)(O)OCCN)OC(=O)CCCCCCCCCCCCCCCCCCCCC. The Kier molecular flexibility index (Phi) is 47.2. The molecule has 0 radical (unpaired) electrons. The highest BCUT2D eigenvalue weighted by Gasteiger charge is 2.26. The van der Waals surface area contributed by atoms with E-state index in [2.05, 4.69) is 26.0 Å². The predicted octanol–water partition coefficient (Wildman–Crippen LogP) is 15.7. The van der Waals surface area contributed by atoms with Gasteiger partial charge in [0.25, 0.3) is 0 Å². The third-order valence-electron chi connectivity index (χ3n) is 11.7. The molecular weight excluding hydrogens is 786 g/mol. The summed E-state index contributed by atoms with van der Waals surface area (Å²) in [7, 11) is -4.38. The second-order valence-corrected chi connectivity index (χ2v) is 19.2. The second kappa shape index (κ2) is 48.2. The number of phosphoric acid groups is 1. The highest BCUT2D eigenvalue weighted by Crippen LogP contribution is 2.43. The Bertz CT molecular complexity index is 1010. The lowest BCUT2D eigenvalue weighted by Gasteiger charge is -2.19. The first-order chi connectivity index (χ1) is 29.8. The van der Waals surface area contributed by atoms with Gasteiger partial charge in [0.1, 0.15) is 6.61 Å². The van der Waals surface area contributed by atoms with Crippen LogP contribution in [0.2, 0.25) is 0 Å². The van der Waals surface area contributed by atoms with Gasteiger partial charge in [0, 0.05) is 19.4 Å². The Balaban J connectivity index is 3.99. The molecule has 61 heavy (non-hydrogen) atoms. The number of rotatable bonds is 50. The maximum absolute atomic E-state index is 12.7. The maximum atomic E-state index is 12.7. The molecule has 0 aliphatic heterocycles. The fraction of sp³-hybridized carbons (Fsp3) is 0.922. The first-order valence-corrected chi connectivity index (χ1v) is 27.7. The zero-order valence-electron chi connectivity index (χ0n) is 40.2. The third-order valence-corrected chi connectivity index (χ3v) is 12.6. The molecule has 2 atom stereocenters. The van der Waals surface area contributed by atoms with Gasteiger partial charge in [-0.1, -0.05) is 231 Å². The van der Waals surface area contributed by atoms with Gasteiger partial charge < -0.3 is 20.1 Å². The van der Waals surface area contributed by atoms with Crippen molar-refractivity contribution in [3.05, 3.63) is 12.2 Å². The van der Waals surface area contributed by atoms with E-state index in [-0.39, 0.29) is 38.6 Å². The Hall–Kier alpha value is -1.25. The van der Waals surface area contributed by atoms with E-state index in [1.54, 1.807) is 0 Å². The molecule has 3 N–H and O–H groups in total. The molecule has 0 bridgehead atoms. The van der Waals surface area contributed by atoms with Crippen molar-refractivity contribution in [2.24, 2.45) is 5.73 Å². The molecule has 362 valence electrons. The van der Waals surface area contributed by atoms with Gasteiger partial charge in [-0.25, -0.2) is 4.57 Å². The second-order valence-electron chi connectivity index (χ2n) is 17.8. The summed E-state index contributed by atoms with van der Waals surface area (Å²) in [4.78, 5) is 35.1. The quantitative estimate of drug-likeness (QED) is 0.0265. The number of nitrogens with two attached hydrogens (primary N) is 1. The Morgan fingerprint density at radius 2 is 0.803 bits per heavy atom. The molecule has 0 saturated carbocycles. The van der Waals surface area contributed by atoms with E-state index in [0.29, 0.717) is 6.42 Å². The van der Waals surface area contributed by atoms with Crippen LogP contribution in [0, 0.1) is 0 Å². The average Bonchev–Trinajstić information content (AvgIpc) is 3.25. The van der Waals surface area contributed by atoms with Crippen molar-refractivity contribution in [2.45, 2.75) is 277 Å². The van der Waals surface area contributed by atoms with Crippen molar-refractivity contribution in [2.75, 3.05) is 26.4 Å². The molecule has 0 rings (SSSR count). The lowest BCUT2D eigenvalue weighted by Crippen LogP contribution is -2.29. The van der Waals surface area contributed by atoms with Gasteiger partial charge in [0.15, 0.2) is 6.10 Å². The van der Waals surface area contributed by atoms with Gasteiger partial charge in [0.05, 0.1) is 13.2 Å². The smallest absolute Gasteiger partial charge is 0.462 e. The van der Waals surface area contributed by atoms with Crippen LogP contribution in [0.25, 0.3) is 0 Å². The molecule has 9 nitrogen and oxygen atoms in total. The molecule has 0 aromatic heterocycles. The molecule has 0 amide bonds. The van der Waals surface area contributed by atoms with E-state index in [1.807, 2.05) is 0 Å². The van der Waals surface area contributed by atoms with E-state index in [4.69, 9.17) is 24.3 Å². The van der Waals surface area contributed by atoms with Crippen molar-refractivity contribution < 1.29 is 37.6 Å². The fourth-order valence-electron chi connectivity index (χ4n) is 7.75. The average molecular weight is 886 g/mol. The lowest BCUT2D eigenvalue weighted by molar-refractivity contribution is -0.161. The summed E-state index contributed by atoms with van der Waals surface area (Å²) in [5.41, 5.74) is 5.37. The van der Waals surface area contributed by atoms with E-state index < -0.39 is 26.5 Å². The van der Waals surface area contributed by atoms with Gasteiger partial charge in [-0.05, 0) is 38.5 Å². The van der Waals surface area contributed by atoms with Gasteiger partial charge in [-0.3, -0.25) is 18.6 Å². The summed E-state index contributed by atoms with van der Waals surface area (Å²) >= 11 is 0.